The van der Waals surface area contributed by atoms with Crippen molar-refractivity contribution >= 4 is 31.6 Å². The standard InChI is InChI=1S/C118H171N2O20P/c1-5-9-13-17-21-25-29-33-55-75-101(128-84-94-63-45-38-46-64-94)79-107(121)119-111-115(138-109(123)81-103(130-86-96-67-49-40-50-68-96)77-57-35-31-27-23-19-15-11-7-3)113(132-88-98-71-53-42-54-72-98)106(136-117(111)125)92-133-118-112(120-108(122)80-102(129-85-95-65-47-39-48-66-95)76-56-34-30-26-22-18-14-10-6-2)116(139-110(124)82-104(131-87-97-69-51-41-52-70-97)78-58-36-32-28-24-20-16-12-8-4)114(105(137-118)91-127-83-93-61-43-37-44-62-93)140-141(126)134-89-99-73-59-60-74-100(99)90-135-141/h37-54,59-74,101-106,111-118,125H,5-36,55-58,75-92H2,1-4H3,(H,119,121)(H,120,122)/t101-,102-,103-,104-,105-,106-,111-,112-,113-,114-,115-,116-,117+,118-/m1/s1. The number of esters is 2. The summed E-state index contributed by atoms with van der Waals surface area (Å²) in [6.45, 7) is 8.56. The minimum atomic E-state index is -4.77. The first-order chi connectivity index (χ1) is 69.2. The summed E-state index contributed by atoms with van der Waals surface area (Å²) in [6, 6.07) is 62.8. The molecule has 2 fully saturated rings. The highest BCUT2D eigenvalue weighted by Gasteiger charge is 2.56. The van der Waals surface area contributed by atoms with E-state index in [1.165, 1.54) is 116 Å². The van der Waals surface area contributed by atoms with Crippen molar-refractivity contribution in [3.63, 3.8) is 0 Å². The van der Waals surface area contributed by atoms with Gasteiger partial charge in [0.1, 0.15) is 36.5 Å². The van der Waals surface area contributed by atoms with Gasteiger partial charge >= 0.3 is 19.8 Å². The number of nitrogens with one attached hydrogen (secondary N) is 2. The van der Waals surface area contributed by atoms with E-state index in [2.05, 4.69) is 38.3 Å². The van der Waals surface area contributed by atoms with E-state index in [0.717, 1.165) is 149 Å². The Morgan fingerprint density at radius 1 is 0.326 bits per heavy atom. The molecule has 778 valence electrons. The number of ether oxygens (including phenoxy) is 11. The van der Waals surface area contributed by atoms with Gasteiger partial charge in [-0.1, -0.05) is 465 Å². The van der Waals surface area contributed by atoms with E-state index in [1.54, 1.807) is 0 Å². The van der Waals surface area contributed by atoms with Gasteiger partial charge in [0.2, 0.25) is 11.8 Å². The van der Waals surface area contributed by atoms with Crippen molar-refractivity contribution in [3.8, 4) is 0 Å². The van der Waals surface area contributed by atoms with Crippen molar-refractivity contribution < 1.29 is 94.5 Å². The second kappa shape index (κ2) is 70.0. The third-order valence-corrected chi connectivity index (χ3v) is 28.6. The Bertz CT molecular complexity index is 4420. The number of aliphatic hydroxyl groups is 1. The Labute approximate surface area is 844 Å². The molecule has 10 rings (SSSR count). The second-order valence-corrected chi connectivity index (χ2v) is 40.7. The van der Waals surface area contributed by atoms with Gasteiger partial charge in [0, 0.05) is 0 Å². The third kappa shape index (κ3) is 46.2. The number of fused-ring (bicyclic) bond motifs is 1. The Morgan fingerprint density at radius 2 is 0.617 bits per heavy atom. The fourth-order valence-electron chi connectivity index (χ4n) is 18.9. The number of carbonyl (C=O) groups excluding carboxylic acids is 4. The molecule has 3 aliphatic rings. The van der Waals surface area contributed by atoms with Gasteiger partial charge in [-0.15, -0.1) is 0 Å². The lowest BCUT2D eigenvalue weighted by Gasteiger charge is -2.47. The molecule has 141 heavy (non-hydrogen) atoms. The average molecular weight is 1970 g/mol. The summed E-state index contributed by atoms with van der Waals surface area (Å²) in [6.07, 6.45) is 25.9. The fourth-order valence-corrected chi connectivity index (χ4v) is 20.2. The first-order valence-corrected chi connectivity index (χ1v) is 55.8. The van der Waals surface area contributed by atoms with Crippen molar-refractivity contribution in [2.45, 2.75) is 449 Å². The second-order valence-electron chi connectivity index (χ2n) is 39.1. The molecular weight excluding hydrogens is 1800 g/mol. The molecule has 2 amide bonds. The number of phosphoric ester groups is 1. The summed E-state index contributed by atoms with van der Waals surface area (Å²) in [7, 11) is -4.77. The van der Waals surface area contributed by atoms with E-state index >= 15 is 23.7 Å². The SMILES string of the molecule is CCCCCCCCCCC[C@H](CC(=O)N[C@@H]1[C@@H](OC(=O)C[C@@H](CCCCCCCCCCC)OCc2ccccc2)[C@H](OCc2ccccc2)[C@@H](CO[C@@H]2O[C@H](COCc3ccccc3)[C@@H](OP3(=O)OCc4ccccc4CO3)[C@H](OC(=O)C[C@@H](CCCCCCCCCCC)OCc3ccccc3)[C@H]2NC(=O)C[C@@H](CCCCCCCCCCC)OCc2ccccc2)O[C@@H]1O)OCc1ccccc1. The number of rotatable bonds is 76. The van der Waals surface area contributed by atoms with Crippen LogP contribution in [0.2, 0.25) is 0 Å². The predicted octanol–water partition coefficient (Wildman–Crippen LogP) is 26.9. The maximum atomic E-state index is 16.1. The Morgan fingerprint density at radius 3 is 0.965 bits per heavy atom. The highest BCUT2D eigenvalue weighted by atomic mass is 31.2. The van der Waals surface area contributed by atoms with E-state index in [1.807, 2.05) is 206 Å². The van der Waals surface area contributed by atoms with Crippen molar-refractivity contribution in [2.24, 2.45) is 0 Å². The molecule has 2 saturated heterocycles. The Balaban J connectivity index is 1.05. The van der Waals surface area contributed by atoms with Crippen molar-refractivity contribution in [1.82, 2.24) is 10.6 Å². The van der Waals surface area contributed by atoms with E-state index < -0.39 is 124 Å². The molecule has 0 aromatic heterocycles. The molecule has 3 N–H and O–H groups in total. The number of aliphatic hydroxyl groups excluding tert-OH is 1. The lowest BCUT2D eigenvalue weighted by Crippen LogP contribution is -2.68. The number of carbonyl (C=O) groups is 4. The van der Waals surface area contributed by atoms with Gasteiger partial charge in [-0.2, -0.15) is 0 Å². The molecule has 22 nitrogen and oxygen atoms in total. The number of amides is 2. The van der Waals surface area contributed by atoms with Gasteiger partial charge < -0.3 is 67.8 Å². The van der Waals surface area contributed by atoms with Gasteiger partial charge in [0.25, 0.3) is 0 Å². The lowest BCUT2D eigenvalue weighted by atomic mass is 9.94. The summed E-state index contributed by atoms with van der Waals surface area (Å²) in [4.78, 5) is 63.2. The van der Waals surface area contributed by atoms with Gasteiger partial charge in [-0.25, -0.2) is 4.57 Å². The highest BCUT2D eigenvalue weighted by Crippen LogP contribution is 2.55. The molecule has 0 bridgehead atoms. The summed E-state index contributed by atoms with van der Waals surface area (Å²) in [5.41, 5.74) is 6.70. The number of unbranched alkanes of at least 4 members (excludes halogenated alkanes) is 32. The molecule has 7 aromatic carbocycles. The van der Waals surface area contributed by atoms with Crippen LogP contribution >= 0.6 is 7.82 Å². The summed E-state index contributed by atoms with van der Waals surface area (Å²) < 4.78 is 112. The molecule has 3 heterocycles. The number of benzene rings is 7. The molecule has 0 radical (unpaired) electrons. The summed E-state index contributed by atoms with van der Waals surface area (Å²) in [5, 5.41) is 19.6. The van der Waals surface area contributed by atoms with Crippen LogP contribution in [-0.4, -0.2) is 128 Å². The van der Waals surface area contributed by atoms with E-state index in [0.29, 0.717) is 36.8 Å². The minimum absolute atomic E-state index is 0.0536. The third-order valence-electron chi connectivity index (χ3n) is 27.2. The van der Waals surface area contributed by atoms with Gasteiger partial charge in [0.05, 0.1) is 116 Å². The van der Waals surface area contributed by atoms with Crippen molar-refractivity contribution in [2.75, 3.05) is 13.2 Å². The normalized spacial score (nSPS) is 19.9. The molecule has 0 saturated carbocycles. The fraction of sp³-hybridized carbons (Fsp3) is 0.610. The van der Waals surface area contributed by atoms with Crippen LogP contribution in [0.4, 0.5) is 0 Å². The molecule has 0 aliphatic carbocycles. The number of phosphoric acid groups is 1. The molecule has 3 aliphatic heterocycles. The first-order valence-electron chi connectivity index (χ1n) is 54.4. The number of hydrogen-bond acceptors (Lipinski definition) is 20. The molecule has 23 heteroatoms. The molecule has 7 aromatic rings. The lowest BCUT2D eigenvalue weighted by molar-refractivity contribution is -0.304. The monoisotopic (exact) mass is 1970 g/mol. The molecule has 14 atom stereocenters. The quantitative estimate of drug-likeness (QED) is 0.0182. The van der Waals surface area contributed by atoms with Crippen LogP contribution in [0.15, 0.2) is 206 Å². The molecule has 0 unspecified atom stereocenters. The molecular formula is C118H171N2O20P. The smallest absolute Gasteiger partial charge is 0.457 e. The number of hydrogen-bond donors (Lipinski definition) is 3. The topological polar surface area (TPSA) is 259 Å². The van der Waals surface area contributed by atoms with Crippen LogP contribution in [0.25, 0.3) is 0 Å². The maximum Gasteiger partial charge on any atom is 0.475 e. The van der Waals surface area contributed by atoms with Crippen LogP contribution in [0, 0.1) is 0 Å². The minimum Gasteiger partial charge on any atom is -0.457 e. The van der Waals surface area contributed by atoms with E-state index in [4.69, 9.17) is 65.7 Å². The Hall–Kier alpha value is -7.87. The maximum absolute atomic E-state index is 16.1. The van der Waals surface area contributed by atoms with Crippen molar-refractivity contribution in [1.29, 1.82) is 0 Å². The summed E-state index contributed by atoms with van der Waals surface area (Å²) in [5.74, 6) is -2.43. The zero-order valence-corrected chi connectivity index (χ0v) is 86.4. The van der Waals surface area contributed by atoms with Crippen LogP contribution in [0.3, 0.4) is 0 Å². The van der Waals surface area contributed by atoms with E-state index in [-0.39, 0.29) is 85.1 Å². The average Bonchev–Trinajstić information content (AvgIpc) is 1.58. The van der Waals surface area contributed by atoms with Crippen LogP contribution in [0.5, 0.6) is 0 Å². The largest absolute Gasteiger partial charge is 0.475 e. The first kappa shape index (κ1) is 115. The molecule has 0 spiro atoms. The van der Waals surface area contributed by atoms with Crippen LogP contribution in [-0.2, 0) is 142 Å². The zero-order valence-electron chi connectivity index (χ0n) is 85.5. The van der Waals surface area contributed by atoms with Gasteiger partial charge in [-0.05, 0) is 70.2 Å². The van der Waals surface area contributed by atoms with Crippen molar-refractivity contribution in [3.05, 3.63) is 251 Å². The van der Waals surface area contributed by atoms with Gasteiger partial charge in [-0.3, -0.25) is 32.7 Å². The predicted molar refractivity (Wildman–Crippen MR) is 555 cm³/mol. The Kier molecular flexibility index (Phi) is 57.1. The van der Waals surface area contributed by atoms with E-state index in [9.17, 15) is 5.11 Å². The van der Waals surface area contributed by atoms with Crippen LogP contribution in [0.1, 0.15) is 355 Å². The van der Waals surface area contributed by atoms with Gasteiger partial charge in [0.15, 0.2) is 24.8 Å². The highest BCUT2D eigenvalue weighted by molar-refractivity contribution is 7.48. The zero-order chi connectivity index (χ0) is 99.1. The summed E-state index contributed by atoms with van der Waals surface area (Å²) >= 11 is 0. The van der Waals surface area contributed by atoms with Crippen LogP contribution < -0.4 is 10.6 Å².